The van der Waals surface area contributed by atoms with Crippen LogP contribution >= 0.6 is 11.3 Å². The zero-order chi connectivity index (χ0) is 23.2. The van der Waals surface area contributed by atoms with Gasteiger partial charge in [0.05, 0.1) is 6.54 Å². The maximum atomic E-state index is 13.6. The number of hydrogen-bond acceptors (Lipinski definition) is 4. The SMILES string of the molecule is O=C(COc1ccc2c(c1)CCC2)N(Cc1cccs1)C1CNCC2(CCCCCCCC2)C1. The van der Waals surface area contributed by atoms with Crippen LogP contribution in [0.1, 0.15) is 80.2 Å². The lowest BCUT2D eigenvalue weighted by Crippen LogP contribution is -2.55. The van der Waals surface area contributed by atoms with Crippen molar-refractivity contribution in [1.29, 1.82) is 0 Å². The van der Waals surface area contributed by atoms with Gasteiger partial charge in [0.15, 0.2) is 6.61 Å². The summed E-state index contributed by atoms with van der Waals surface area (Å²) in [7, 11) is 0. The first-order valence-corrected chi connectivity index (χ1v) is 14.4. The number of aryl methyl sites for hydroxylation is 2. The molecule has 1 aliphatic heterocycles. The van der Waals surface area contributed by atoms with Crippen molar-refractivity contribution in [2.45, 2.75) is 89.6 Å². The molecule has 1 amide bonds. The van der Waals surface area contributed by atoms with E-state index in [4.69, 9.17) is 4.74 Å². The number of fused-ring (bicyclic) bond motifs is 1. The fourth-order valence-corrected chi connectivity index (χ4v) is 7.14. The van der Waals surface area contributed by atoms with Crippen molar-refractivity contribution in [2.24, 2.45) is 5.41 Å². The number of hydrogen-bond donors (Lipinski definition) is 1. The molecule has 1 unspecified atom stereocenters. The van der Waals surface area contributed by atoms with Crippen LogP contribution in [0.4, 0.5) is 0 Å². The largest absolute Gasteiger partial charge is 0.484 e. The first-order chi connectivity index (χ1) is 16.7. The van der Waals surface area contributed by atoms with Crippen molar-refractivity contribution in [3.8, 4) is 5.75 Å². The Bertz CT molecular complexity index is 932. The fraction of sp³-hybridized carbons (Fsp3) is 0.621. The number of benzene rings is 1. The van der Waals surface area contributed by atoms with Gasteiger partial charge in [-0.3, -0.25) is 4.79 Å². The van der Waals surface area contributed by atoms with Crippen molar-refractivity contribution < 1.29 is 9.53 Å². The van der Waals surface area contributed by atoms with E-state index in [1.807, 2.05) is 6.07 Å². The van der Waals surface area contributed by atoms with Crippen molar-refractivity contribution >= 4 is 17.2 Å². The molecule has 0 bridgehead atoms. The normalized spacial score (nSPS) is 22.4. The molecule has 1 saturated carbocycles. The summed E-state index contributed by atoms with van der Waals surface area (Å²) in [5.74, 6) is 0.945. The lowest BCUT2D eigenvalue weighted by molar-refractivity contribution is -0.137. The summed E-state index contributed by atoms with van der Waals surface area (Å²) in [6.07, 6.45) is 15.4. The fourth-order valence-electron chi connectivity index (χ4n) is 6.44. The van der Waals surface area contributed by atoms with Gasteiger partial charge in [-0.05, 0) is 78.6 Å². The average molecular weight is 481 g/mol. The molecular weight excluding hydrogens is 440 g/mol. The van der Waals surface area contributed by atoms with Crippen LogP contribution in [0.3, 0.4) is 0 Å². The molecule has 1 atom stereocenters. The Morgan fingerprint density at radius 3 is 2.62 bits per heavy atom. The Morgan fingerprint density at radius 2 is 1.82 bits per heavy atom. The van der Waals surface area contributed by atoms with E-state index in [9.17, 15) is 4.79 Å². The van der Waals surface area contributed by atoms with Crippen LogP contribution in [0.15, 0.2) is 35.7 Å². The highest BCUT2D eigenvalue weighted by molar-refractivity contribution is 7.09. The molecule has 2 heterocycles. The minimum absolute atomic E-state index is 0.112. The van der Waals surface area contributed by atoms with Gasteiger partial charge in [-0.25, -0.2) is 0 Å². The van der Waals surface area contributed by atoms with Crippen LogP contribution in [0, 0.1) is 5.41 Å². The molecule has 2 aliphatic carbocycles. The second-order valence-corrected chi connectivity index (χ2v) is 11.8. The minimum atomic E-state index is 0.112. The Kier molecular flexibility index (Phi) is 7.90. The molecule has 3 aliphatic rings. The van der Waals surface area contributed by atoms with Gasteiger partial charge in [-0.1, -0.05) is 50.7 Å². The molecule has 1 spiro atoms. The van der Waals surface area contributed by atoms with Gasteiger partial charge >= 0.3 is 0 Å². The predicted molar refractivity (Wildman–Crippen MR) is 139 cm³/mol. The molecule has 1 N–H and O–H groups in total. The Balaban J connectivity index is 1.29. The van der Waals surface area contributed by atoms with Crippen molar-refractivity contribution in [3.05, 3.63) is 51.7 Å². The van der Waals surface area contributed by atoms with E-state index in [1.54, 1.807) is 11.3 Å². The van der Waals surface area contributed by atoms with Crippen LogP contribution in [-0.2, 0) is 24.2 Å². The van der Waals surface area contributed by atoms with Crippen molar-refractivity contribution in [1.82, 2.24) is 10.2 Å². The first kappa shape index (κ1) is 23.9. The number of thiophene rings is 1. The van der Waals surface area contributed by atoms with Crippen molar-refractivity contribution in [2.75, 3.05) is 19.7 Å². The zero-order valence-electron chi connectivity index (χ0n) is 20.5. The third kappa shape index (κ3) is 5.85. The maximum absolute atomic E-state index is 13.6. The molecular formula is C29H40N2O2S. The second-order valence-electron chi connectivity index (χ2n) is 10.8. The highest BCUT2D eigenvalue weighted by Crippen LogP contribution is 2.40. The monoisotopic (exact) mass is 480 g/mol. The van der Waals surface area contributed by atoms with Gasteiger partial charge < -0.3 is 15.0 Å². The van der Waals surface area contributed by atoms with Crippen LogP contribution < -0.4 is 10.1 Å². The number of carbonyl (C=O) groups excluding carboxylic acids is 1. The molecule has 1 aromatic heterocycles. The van der Waals surface area contributed by atoms with Gasteiger partial charge in [0.2, 0.25) is 0 Å². The number of nitrogens with one attached hydrogen (secondary N) is 1. The van der Waals surface area contributed by atoms with Crippen LogP contribution in [0.2, 0.25) is 0 Å². The number of nitrogens with zero attached hydrogens (tertiary/aromatic N) is 1. The maximum Gasteiger partial charge on any atom is 0.261 e. The van der Waals surface area contributed by atoms with Crippen molar-refractivity contribution in [3.63, 3.8) is 0 Å². The Hall–Kier alpha value is -1.85. The standard InChI is InChI=1S/C29H40N2O2S/c32-28(21-33-26-13-12-23-9-7-10-24(23)17-26)31(20-27-11-8-16-34-27)25-18-29(22-30-19-25)14-5-3-1-2-4-6-15-29/h8,11-13,16-17,25,30H,1-7,9-10,14-15,18-22H2. The molecule has 34 heavy (non-hydrogen) atoms. The van der Waals surface area contributed by atoms with Gasteiger partial charge in [0.25, 0.3) is 5.91 Å². The van der Waals surface area contributed by atoms with Gasteiger partial charge in [0, 0.05) is 24.0 Å². The second kappa shape index (κ2) is 11.3. The summed E-state index contributed by atoms with van der Waals surface area (Å²) in [6.45, 7) is 2.80. The van der Waals surface area contributed by atoms with Gasteiger partial charge in [-0.15, -0.1) is 11.3 Å². The molecule has 4 nitrogen and oxygen atoms in total. The van der Waals surface area contributed by atoms with Crippen LogP contribution in [0.25, 0.3) is 0 Å². The number of carbonyl (C=O) groups is 1. The third-order valence-corrected chi connectivity index (χ3v) is 9.17. The smallest absolute Gasteiger partial charge is 0.261 e. The Labute approximate surface area is 209 Å². The zero-order valence-corrected chi connectivity index (χ0v) is 21.3. The molecule has 1 saturated heterocycles. The van der Waals surface area contributed by atoms with E-state index in [-0.39, 0.29) is 18.6 Å². The summed E-state index contributed by atoms with van der Waals surface area (Å²) < 4.78 is 6.07. The first-order valence-electron chi connectivity index (χ1n) is 13.5. The summed E-state index contributed by atoms with van der Waals surface area (Å²) in [5, 5.41) is 5.86. The highest BCUT2D eigenvalue weighted by Gasteiger charge is 2.39. The highest BCUT2D eigenvalue weighted by atomic mass is 32.1. The topological polar surface area (TPSA) is 41.6 Å². The van der Waals surface area contributed by atoms with Crippen LogP contribution in [-0.4, -0.2) is 36.5 Å². The third-order valence-electron chi connectivity index (χ3n) is 8.31. The molecule has 5 heteroatoms. The van der Waals surface area contributed by atoms with E-state index in [0.29, 0.717) is 12.0 Å². The molecule has 2 fully saturated rings. The molecule has 184 valence electrons. The number of amides is 1. The summed E-state index contributed by atoms with van der Waals surface area (Å²) in [6, 6.07) is 10.8. The lowest BCUT2D eigenvalue weighted by Gasteiger charge is -2.45. The lowest BCUT2D eigenvalue weighted by atomic mass is 9.71. The summed E-state index contributed by atoms with van der Waals surface area (Å²) in [5.41, 5.74) is 3.16. The number of rotatable bonds is 6. The van der Waals surface area contributed by atoms with Gasteiger partial charge in [-0.2, -0.15) is 0 Å². The molecule has 5 rings (SSSR count). The summed E-state index contributed by atoms with van der Waals surface area (Å²) in [4.78, 5) is 17.0. The average Bonchev–Trinajstić information content (AvgIpc) is 3.55. The molecule has 2 aromatic rings. The van der Waals surface area contributed by atoms with E-state index < -0.39 is 0 Å². The van der Waals surface area contributed by atoms with E-state index >= 15 is 0 Å². The van der Waals surface area contributed by atoms with Crippen LogP contribution in [0.5, 0.6) is 5.75 Å². The van der Waals surface area contributed by atoms with Gasteiger partial charge in [0.1, 0.15) is 5.75 Å². The number of piperidine rings is 1. The number of ether oxygens (including phenoxy) is 1. The van der Waals surface area contributed by atoms with E-state index in [0.717, 1.165) is 31.7 Å². The summed E-state index contributed by atoms with van der Waals surface area (Å²) >= 11 is 1.74. The molecule has 1 aromatic carbocycles. The Morgan fingerprint density at radius 1 is 1.03 bits per heavy atom. The van der Waals surface area contributed by atoms with E-state index in [1.165, 1.54) is 80.2 Å². The predicted octanol–water partition coefficient (Wildman–Crippen LogP) is 6.13. The molecule has 0 radical (unpaired) electrons. The van der Waals surface area contributed by atoms with E-state index in [2.05, 4.69) is 39.9 Å². The quantitative estimate of drug-likeness (QED) is 0.541. The minimum Gasteiger partial charge on any atom is -0.484 e.